The lowest BCUT2D eigenvalue weighted by molar-refractivity contribution is -0.299. The first-order valence-electron chi connectivity index (χ1n) is 13.2. The van der Waals surface area contributed by atoms with Gasteiger partial charge in [0.15, 0.2) is 5.79 Å². The van der Waals surface area contributed by atoms with Gasteiger partial charge < -0.3 is 23.7 Å². The van der Waals surface area contributed by atoms with Crippen LogP contribution in [0.1, 0.15) is 40.0 Å². The Labute approximate surface area is 221 Å². The number of hydrogen-bond donors (Lipinski definition) is 1. The molecule has 7 heteroatoms. The van der Waals surface area contributed by atoms with Crippen molar-refractivity contribution in [2.75, 3.05) is 26.1 Å². The Morgan fingerprint density at radius 3 is 2.19 bits per heavy atom. The molecule has 0 aliphatic carbocycles. The van der Waals surface area contributed by atoms with E-state index < -0.39 is 14.1 Å². The van der Waals surface area contributed by atoms with Gasteiger partial charge in [0.2, 0.25) is 0 Å². The Hall–Kier alpha value is -1.19. The van der Waals surface area contributed by atoms with E-state index >= 15 is 0 Å². The molecule has 3 aliphatic rings. The van der Waals surface area contributed by atoms with Gasteiger partial charge in [0.25, 0.3) is 8.32 Å². The van der Waals surface area contributed by atoms with Crippen LogP contribution in [0.2, 0.25) is 5.04 Å². The molecule has 6 atom stereocenters. The van der Waals surface area contributed by atoms with Gasteiger partial charge in [-0.25, -0.2) is 0 Å². The third-order valence-corrected chi connectivity index (χ3v) is 14.8. The van der Waals surface area contributed by atoms with Gasteiger partial charge >= 0.3 is 0 Å². The molecule has 3 fully saturated rings. The normalized spacial score (nSPS) is 32.3. The monoisotopic (exact) mass is 528 g/mol. The van der Waals surface area contributed by atoms with Crippen molar-refractivity contribution in [1.82, 2.24) is 0 Å². The second-order valence-electron chi connectivity index (χ2n) is 11.4. The molecule has 0 spiro atoms. The molecular weight excluding hydrogens is 488 g/mol. The summed E-state index contributed by atoms with van der Waals surface area (Å²) in [4.78, 5) is 0. The number of benzene rings is 2. The Morgan fingerprint density at radius 1 is 1.00 bits per heavy atom. The highest BCUT2D eigenvalue weighted by atomic mass is 32.2. The van der Waals surface area contributed by atoms with E-state index in [9.17, 15) is 5.11 Å². The topological polar surface area (TPSA) is 57.2 Å². The summed E-state index contributed by atoms with van der Waals surface area (Å²) in [5.74, 6) is 0.640. The van der Waals surface area contributed by atoms with Gasteiger partial charge in [0.1, 0.15) is 0 Å². The fourth-order valence-corrected chi connectivity index (χ4v) is 12.9. The number of thioether (sulfide) groups is 1. The van der Waals surface area contributed by atoms with Gasteiger partial charge in [-0.3, -0.25) is 0 Å². The summed E-state index contributed by atoms with van der Waals surface area (Å²) in [7, 11) is -0.855. The van der Waals surface area contributed by atoms with Crippen molar-refractivity contribution in [3.63, 3.8) is 0 Å². The minimum Gasteiger partial charge on any atom is -0.405 e. The number of aliphatic hydroxyl groups excluding tert-OH is 1. The van der Waals surface area contributed by atoms with E-state index in [0.717, 1.165) is 18.6 Å². The van der Waals surface area contributed by atoms with Crippen LogP contribution in [0.3, 0.4) is 0 Å². The van der Waals surface area contributed by atoms with Crippen LogP contribution in [0.15, 0.2) is 60.7 Å². The van der Waals surface area contributed by atoms with Crippen LogP contribution in [-0.2, 0) is 18.6 Å². The summed E-state index contributed by atoms with van der Waals surface area (Å²) in [5, 5.41) is 12.3. The van der Waals surface area contributed by atoms with Crippen LogP contribution in [0.5, 0.6) is 0 Å². The highest BCUT2D eigenvalue weighted by Gasteiger charge is 2.60. The van der Waals surface area contributed by atoms with Crippen molar-refractivity contribution in [2.45, 2.75) is 74.4 Å². The number of fused-ring (bicyclic) bond motifs is 2. The minimum absolute atomic E-state index is 0.00570. The molecule has 5 rings (SSSR count). The van der Waals surface area contributed by atoms with E-state index in [-0.39, 0.29) is 41.1 Å². The molecule has 36 heavy (non-hydrogen) atoms. The molecule has 0 radical (unpaired) electrons. The first kappa shape index (κ1) is 26.4. The fourth-order valence-electron chi connectivity index (χ4n) is 6.62. The van der Waals surface area contributed by atoms with Crippen molar-refractivity contribution in [3.8, 4) is 0 Å². The third-order valence-electron chi connectivity index (χ3n) is 8.26. The molecule has 2 aromatic rings. The summed E-state index contributed by atoms with van der Waals surface area (Å²) < 4.78 is 26.5. The Balaban J connectivity index is 1.37. The Morgan fingerprint density at radius 2 is 1.64 bits per heavy atom. The van der Waals surface area contributed by atoms with Gasteiger partial charge in [-0.05, 0) is 28.3 Å². The molecule has 5 nitrogen and oxygen atoms in total. The fraction of sp³-hybridized carbons (Fsp3) is 0.586. The molecule has 0 aromatic heterocycles. The van der Waals surface area contributed by atoms with E-state index in [0.29, 0.717) is 13.0 Å². The standard InChI is InChI=1S/C29H40O5SSi/c1-28(2,3)36(23-11-7-5-8-12-23,24-13-9-6-10-14-24)32-19-22-18-26-25(33-22)17-21-20-35-27(15-16-30)29(21,31-4)34-26/h5-14,21-22,25-27,30H,15-20H2,1-4H3/t21-,22-,25+,26+,27+,29+/m0/s1. The van der Waals surface area contributed by atoms with E-state index in [1.165, 1.54) is 10.4 Å². The second kappa shape index (κ2) is 10.5. The summed E-state index contributed by atoms with van der Waals surface area (Å²) >= 11 is 1.86. The van der Waals surface area contributed by atoms with Gasteiger partial charge in [-0.2, -0.15) is 11.8 Å². The highest BCUT2D eigenvalue weighted by Crippen LogP contribution is 2.53. The van der Waals surface area contributed by atoms with E-state index in [4.69, 9.17) is 18.6 Å². The van der Waals surface area contributed by atoms with Gasteiger partial charge in [0, 0.05) is 31.8 Å². The van der Waals surface area contributed by atoms with E-state index in [1.54, 1.807) is 7.11 Å². The predicted molar refractivity (Wildman–Crippen MR) is 148 cm³/mol. The van der Waals surface area contributed by atoms with Gasteiger partial charge in [-0.1, -0.05) is 81.4 Å². The molecule has 2 aromatic carbocycles. The predicted octanol–water partition coefficient (Wildman–Crippen LogP) is 3.97. The summed E-state index contributed by atoms with van der Waals surface area (Å²) in [6.07, 6.45) is 2.47. The van der Waals surface area contributed by atoms with Crippen LogP contribution < -0.4 is 10.4 Å². The molecule has 1 N–H and O–H groups in total. The van der Waals surface area contributed by atoms with E-state index in [1.807, 2.05) is 11.8 Å². The average Bonchev–Trinajstić information content (AvgIpc) is 3.44. The maximum atomic E-state index is 9.59. The van der Waals surface area contributed by atoms with Crippen LogP contribution in [0, 0.1) is 5.92 Å². The lowest BCUT2D eigenvalue weighted by Gasteiger charge is -2.45. The van der Waals surface area contributed by atoms with Gasteiger partial charge in [-0.15, -0.1) is 0 Å². The first-order chi connectivity index (χ1) is 17.3. The van der Waals surface area contributed by atoms with Crippen LogP contribution in [0.4, 0.5) is 0 Å². The number of aliphatic hydroxyl groups is 1. The average molecular weight is 529 g/mol. The van der Waals surface area contributed by atoms with Crippen LogP contribution >= 0.6 is 11.8 Å². The SMILES string of the molecule is CO[C@@]12O[C@@H]3C[C@@H](CO[Si](c4ccccc4)(c4ccccc4)C(C)(C)C)O[C@@H]3C[C@H]1CS[C@@H]2CCO. The van der Waals surface area contributed by atoms with Crippen molar-refractivity contribution < 1.29 is 23.7 Å². The highest BCUT2D eigenvalue weighted by molar-refractivity contribution is 8.00. The Bertz CT molecular complexity index is 960. The van der Waals surface area contributed by atoms with Crippen molar-refractivity contribution in [1.29, 1.82) is 0 Å². The quantitative estimate of drug-likeness (QED) is 0.524. The number of methoxy groups -OCH3 is 1. The molecule has 196 valence electrons. The zero-order valence-corrected chi connectivity index (χ0v) is 23.7. The van der Waals surface area contributed by atoms with E-state index in [2.05, 4.69) is 81.4 Å². The molecular formula is C29H40O5SSi. The first-order valence-corrected chi connectivity index (χ1v) is 16.2. The molecule has 3 aliphatic heterocycles. The van der Waals surface area contributed by atoms with Crippen molar-refractivity contribution in [2.24, 2.45) is 5.92 Å². The second-order valence-corrected chi connectivity index (χ2v) is 16.9. The Kier molecular flexibility index (Phi) is 7.72. The largest absolute Gasteiger partial charge is 0.405 e. The molecule has 0 unspecified atom stereocenters. The van der Waals surface area contributed by atoms with Crippen molar-refractivity contribution >= 4 is 30.5 Å². The molecule has 0 saturated carbocycles. The summed E-state index contributed by atoms with van der Waals surface area (Å²) in [6, 6.07) is 21.5. The summed E-state index contributed by atoms with van der Waals surface area (Å²) in [5.41, 5.74) is 0. The molecule has 0 bridgehead atoms. The maximum Gasteiger partial charge on any atom is 0.261 e. The number of hydrogen-bond acceptors (Lipinski definition) is 6. The zero-order chi connectivity index (χ0) is 25.4. The number of ether oxygens (including phenoxy) is 3. The lowest BCUT2D eigenvalue weighted by atomic mass is 9.85. The lowest BCUT2D eigenvalue weighted by Crippen LogP contribution is -2.67. The minimum atomic E-state index is -2.61. The van der Waals surface area contributed by atoms with Crippen LogP contribution in [0.25, 0.3) is 0 Å². The molecule has 0 amide bonds. The zero-order valence-electron chi connectivity index (χ0n) is 21.9. The van der Waals surface area contributed by atoms with Crippen molar-refractivity contribution in [3.05, 3.63) is 60.7 Å². The molecule has 3 heterocycles. The summed E-state index contributed by atoms with van der Waals surface area (Å²) in [6.45, 7) is 7.61. The smallest absolute Gasteiger partial charge is 0.261 e. The van der Waals surface area contributed by atoms with Gasteiger partial charge in [0.05, 0.1) is 30.2 Å². The third kappa shape index (κ3) is 4.51. The molecule has 3 saturated heterocycles. The number of rotatable bonds is 8. The maximum absolute atomic E-state index is 9.59. The van der Waals surface area contributed by atoms with Crippen LogP contribution in [-0.4, -0.2) is 68.8 Å².